The maximum atomic E-state index is 13.6. The highest BCUT2D eigenvalue weighted by Crippen LogP contribution is 2.24. The minimum Gasteiger partial charge on any atom is -0.392 e. The molecule has 0 fully saturated rings. The number of anilines is 1. The molecule has 0 radical (unpaired) electrons. The van der Waals surface area contributed by atoms with Crippen LogP contribution in [-0.2, 0) is 13.2 Å². The van der Waals surface area contributed by atoms with Gasteiger partial charge in [-0.3, -0.25) is 0 Å². The Hall–Kier alpha value is -2.05. The van der Waals surface area contributed by atoms with Crippen molar-refractivity contribution in [3.8, 4) is 0 Å². The van der Waals surface area contributed by atoms with E-state index in [0.717, 1.165) is 21.6 Å². The van der Waals surface area contributed by atoms with Gasteiger partial charge in [0.25, 0.3) is 0 Å². The number of hydrogen-bond acceptors (Lipinski definition) is 5. The first-order valence-corrected chi connectivity index (χ1v) is 6.96. The lowest BCUT2D eigenvalue weighted by Gasteiger charge is -2.08. The van der Waals surface area contributed by atoms with Crippen molar-refractivity contribution in [3.63, 3.8) is 0 Å². The summed E-state index contributed by atoms with van der Waals surface area (Å²) >= 11 is 1.55. The van der Waals surface area contributed by atoms with Gasteiger partial charge in [-0.2, -0.15) is 0 Å². The number of rotatable bonds is 4. The number of aliphatic hydroxyl groups is 1. The number of thiophene rings is 1. The Morgan fingerprint density at radius 1 is 1.25 bits per heavy atom. The molecule has 0 atom stereocenters. The molecule has 3 aromatic rings. The molecule has 2 heterocycles. The zero-order chi connectivity index (χ0) is 13.9. The van der Waals surface area contributed by atoms with E-state index in [1.807, 2.05) is 11.4 Å². The van der Waals surface area contributed by atoms with Crippen molar-refractivity contribution in [1.29, 1.82) is 0 Å². The second kappa shape index (κ2) is 5.52. The molecular formula is C14H12FN3OS. The lowest BCUT2D eigenvalue weighted by molar-refractivity contribution is 0.275. The van der Waals surface area contributed by atoms with Crippen molar-refractivity contribution >= 4 is 27.4 Å². The number of aromatic nitrogens is 2. The van der Waals surface area contributed by atoms with Crippen molar-refractivity contribution in [2.24, 2.45) is 0 Å². The first-order chi connectivity index (χ1) is 9.78. The molecule has 0 saturated carbocycles. The molecule has 0 unspecified atom stereocenters. The predicted octanol–water partition coefficient (Wildman–Crippen LogP) is 2.93. The van der Waals surface area contributed by atoms with Crippen LogP contribution in [-0.4, -0.2) is 15.1 Å². The van der Waals surface area contributed by atoms with Crippen molar-refractivity contribution in [1.82, 2.24) is 9.97 Å². The summed E-state index contributed by atoms with van der Waals surface area (Å²) in [7, 11) is 0. The molecule has 2 N–H and O–H groups in total. The molecule has 1 aromatic carbocycles. The van der Waals surface area contributed by atoms with Gasteiger partial charge in [-0.15, -0.1) is 11.3 Å². The Morgan fingerprint density at radius 2 is 2.15 bits per heavy atom. The molecule has 0 aliphatic carbocycles. The van der Waals surface area contributed by atoms with Gasteiger partial charge in [-0.05, 0) is 23.1 Å². The van der Waals surface area contributed by atoms with Gasteiger partial charge in [0.1, 0.15) is 22.8 Å². The molecule has 20 heavy (non-hydrogen) atoms. The summed E-state index contributed by atoms with van der Waals surface area (Å²) in [5, 5.41) is 15.0. The van der Waals surface area contributed by atoms with Crippen LogP contribution in [0.4, 0.5) is 10.2 Å². The number of halogens is 1. The number of nitrogens with zero attached hydrogens (tertiary/aromatic N) is 2. The molecule has 0 bridgehead atoms. The lowest BCUT2D eigenvalue weighted by Crippen LogP contribution is -2.03. The van der Waals surface area contributed by atoms with Crippen LogP contribution < -0.4 is 5.32 Å². The van der Waals surface area contributed by atoms with Crippen LogP contribution in [0.2, 0.25) is 0 Å². The van der Waals surface area contributed by atoms with Crippen molar-refractivity contribution < 1.29 is 9.50 Å². The molecule has 0 amide bonds. The summed E-state index contributed by atoms with van der Waals surface area (Å²) in [4.78, 5) is 9.29. The molecule has 0 saturated heterocycles. The summed E-state index contributed by atoms with van der Waals surface area (Å²) in [6.45, 7) is 0.172. The van der Waals surface area contributed by atoms with Crippen molar-refractivity contribution in [2.45, 2.75) is 13.2 Å². The summed E-state index contributed by atoms with van der Waals surface area (Å²) in [5.74, 6) is 0.345. The van der Waals surface area contributed by atoms with E-state index < -0.39 is 5.82 Å². The smallest absolute Gasteiger partial charge is 0.138 e. The van der Waals surface area contributed by atoms with Gasteiger partial charge < -0.3 is 10.4 Å². The fourth-order valence-corrected chi connectivity index (χ4v) is 2.68. The van der Waals surface area contributed by atoms with Crippen LogP contribution in [0.25, 0.3) is 10.2 Å². The largest absolute Gasteiger partial charge is 0.392 e. The molecule has 4 nitrogen and oxygen atoms in total. The fraction of sp³-hybridized carbons (Fsp3) is 0.143. The highest BCUT2D eigenvalue weighted by molar-refractivity contribution is 7.16. The van der Waals surface area contributed by atoms with Crippen LogP contribution >= 0.6 is 11.3 Å². The Morgan fingerprint density at radius 3 is 2.95 bits per heavy atom. The van der Waals surface area contributed by atoms with Crippen LogP contribution in [0.3, 0.4) is 0 Å². The maximum absolute atomic E-state index is 13.6. The van der Waals surface area contributed by atoms with Gasteiger partial charge in [-0.1, -0.05) is 12.1 Å². The van der Waals surface area contributed by atoms with Gasteiger partial charge in [-0.25, -0.2) is 14.4 Å². The monoisotopic (exact) mass is 289 g/mol. The van der Waals surface area contributed by atoms with Gasteiger partial charge in [0.2, 0.25) is 0 Å². The number of benzene rings is 1. The fourth-order valence-electron chi connectivity index (χ4n) is 1.95. The van der Waals surface area contributed by atoms with Crippen LogP contribution in [0.15, 0.2) is 36.0 Å². The SMILES string of the molecule is OCc1ccc(CNc2ncnc3sccc23)cc1F. The number of aliphatic hydroxyl groups excluding tert-OH is 1. The second-order valence-corrected chi connectivity index (χ2v) is 5.19. The normalized spacial score (nSPS) is 10.9. The van der Waals surface area contributed by atoms with Crippen molar-refractivity contribution in [3.05, 3.63) is 52.9 Å². The van der Waals surface area contributed by atoms with E-state index in [0.29, 0.717) is 12.1 Å². The zero-order valence-electron chi connectivity index (χ0n) is 10.5. The number of fused-ring (bicyclic) bond motifs is 1. The second-order valence-electron chi connectivity index (χ2n) is 4.30. The van der Waals surface area contributed by atoms with E-state index in [2.05, 4.69) is 15.3 Å². The van der Waals surface area contributed by atoms with Crippen molar-refractivity contribution in [2.75, 3.05) is 5.32 Å². The van der Waals surface area contributed by atoms with E-state index in [1.54, 1.807) is 23.5 Å². The summed E-state index contributed by atoms with van der Waals surface area (Å²) < 4.78 is 13.6. The average molecular weight is 289 g/mol. The third kappa shape index (κ3) is 2.48. The van der Waals surface area contributed by atoms with E-state index >= 15 is 0 Å². The average Bonchev–Trinajstić information content (AvgIpc) is 2.94. The Labute approximate surface area is 118 Å². The molecule has 0 aliphatic rings. The topological polar surface area (TPSA) is 58.0 Å². The van der Waals surface area contributed by atoms with Gasteiger partial charge in [0.15, 0.2) is 0 Å². The van der Waals surface area contributed by atoms with Crippen LogP contribution in [0.1, 0.15) is 11.1 Å². The Bertz CT molecular complexity index is 744. The predicted molar refractivity (Wildman–Crippen MR) is 77.1 cm³/mol. The van der Waals surface area contributed by atoms with E-state index in [1.165, 1.54) is 12.4 Å². The van der Waals surface area contributed by atoms with E-state index in [4.69, 9.17) is 5.11 Å². The lowest BCUT2D eigenvalue weighted by atomic mass is 10.1. The number of nitrogens with one attached hydrogen (secondary N) is 1. The minimum atomic E-state index is -0.393. The first kappa shape index (κ1) is 13.0. The third-order valence-corrected chi connectivity index (χ3v) is 3.83. The minimum absolute atomic E-state index is 0.291. The molecular weight excluding hydrogens is 277 g/mol. The molecule has 3 rings (SSSR count). The van der Waals surface area contributed by atoms with E-state index in [9.17, 15) is 4.39 Å². The third-order valence-electron chi connectivity index (χ3n) is 3.01. The van der Waals surface area contributed by atoms with Gasteiger partial charge in [0.05, 0.1) is 12.0 Å². The summed E-state index contributed by atoms with van der Waals surface area (Å²) in [6.07, 6.45) is 1.51. The highest BCUT2D eigenvalue weighted by atomic mass is 32.1. The molecule has 0 aliphatic heterocycles. The summed E-state index contributed by atoms with van der Waals surface area (Å²) in [6, 6.07) is 6.75. The quantitative estimate of drug-likeness (QED) is 0.775. The van der Waals surface area contributed by atoms with Crippen LogP contribution in [0.5, 0.6) is 0 Å². The Balaban J connectivity index is 1.79. The highest BCUT2D eigenvalue weighted by Gasteiger charge is 2.06. The maximum Gasteiger partial charge on any atom is 0.138 e. The van der Waals surface area contributed by atoms with E-state index in [-0.39, 0.29) is 6.61 Å². The zero-order valence-corrected chi connectivity index (χ0v) is 11.3. The van der Waals surface area contributed by atoms with Gasteiger partial charge >= 0.3 is 0 Å². The molecule has 0 spiro atoms. The van der Waals surface area contributed by atoms with Gasteiger partial charge in [0, 0.05) is 12.1 Å². The summed E-state index contributed by atoms with van der Waals surface area (Å²) in [5.41, 5.74) is 1.10. The molecule has 6 heteroatoms. The van der Waals surface area contributed by atoms with Crippen LogP contribution in [0, 0.1) is 5.82 Å². The molecule has 2 aromatic heterocycles. The first-order valence-electron chi connectivity index (χ1n) is 6.08. The Kier molecular flexibility index (Phi) is 3.58. The number of hydrogen-bond donors (Lipinski definition) is 2. The molecule has 102 valence electrons. The standard InChI is InChI=1S/C14H12FN3OS/c15-12-5-9(1-2-10(12)7-19)6-16-13-11-3-4-20-14(11)18-8-17-13/h1-5,8,19H,6-7H2,(H,16,17,18).